The Morgan fingerprint density at radius 3 is 2.71 bits per heavy atom. The van der Waals surface area contributed by atoms with E-state index in [1.807, 2.05) is 30.3 Å². The average Bonchev–Trinajstić information content (AvgIpc) is 2.39. The maximum atomic E-state index is 5.73. The Kier molecular flexibility index (Phi) is 3.83. The lowest BCUT2D eigenvalue weighted by Gasteiger charge is -2.07. The highest BCUT2D eigenvalue weighted by molar-refractivity contribution is 6.17. The van der Waals surface area contributed by atoms with Crippen molar-refractivity contribution in [2.75, 3.05) is 7.11 Å². The Balaban J connectivity index is 2.18. The standard InChI is InChI=1S/C13H12ClNO2/c1-16-11-3-2-4-12(6-11)17-13-5-10(7-14)8-15-9-13/h2-6,8-9H,7H2,1H3. The molecular weight excluding hydrogens is 238 g/mol. The molecule has 17 heavy (non-hydrogen) atoms. The van der Waals surface area contributed by atoms with Crippen LogP contribution in [0.25, 0.3) is 0 Å². The van der Waals surface area contributed by atoms with Gasteiger partial charge >= 0.3 is 0 Å². The number of halogens is 1. The highest BCUT2D eigenvalue weighted by atomic mass is 35.5. The van der Waals surface area contributed by atoms with Crippen molar-refractivity contribution in [3.05, 3.63) is 48.3 Å². The summed E-state index contributed by atoms with van der Waals surface area (Å²) in [6.45, 7) is 0. The van der Waals surface area contributed by atoms with Crippen LogP contribution in [-0.4, -0.2) is 12.1 Å². The first-order valence-corrected chi connectivity index (χ1v) is 5.67. The van der Waals surface area contributed by atoms with E-state index >= 15 is 0 Å². The molecule has 0 unspecified atom stereocenters. The number of rotatable bonds is 4. The lowest BCUT2D eigenvalue weighted by molar-refractivity contribution is 0.409. The molecule has 1 aromatic heterocycles. The summed E-state index contributed by atoms with van der Waals surface area (Å²) in [5.74, 6) is 2.54. The van der Waals surface area contributed by atoms with Gasteiger partial charge in [0.05, 0.1) is 13.3 Å². The van der Waals surface area contributed by atoms with Crippen LogP contribution < -0.4 is 9.47 Å². The van der Waals surface area contributed by atoms with E-state index in [4.69, 9.17) is 21.1 Å². The first-order valence-electron chi connectivity index (χ1n) is 5.13. The normalized spacial score (nSPS) is 10.0. The molecule has 4 heteroatoms. The van der Waals surface area contributed by atoms with Crippen LogP contribution in [0.1, 0.15) is 5.56 Å². The van der Waals surface area contributed by atoms with Gasteiger partial charge in [0.2, 0.25) is 0 Å². The molecule has 1 aromatic carbocycles. The molecule has 0 fully saturated rings. The summed E-state index contributed by atoms with van der Waals surface area (Å²) in [6.07, 6.45) is 3.36. The molecule has 0 bridgehead atoms. The van der Waals surface area contributed by atoms with Crippen LogP contribution in [0.3, 0.4) is 0 Å². The second-order valence-electron chi connectivity index (χ2n) is 3.44. The van der Waals surface area contributed by atoms with Gasteiger partial charge < -0.3 is 9.47 Å². The molecule has 2 rings (SSSR count). The number of nitrogens with zero attached hydrogens (tertiary/aromatic N) is 1. The summed E-state index contributed by atoms with van der Waals surface area (Å²) in [5, 5.41) is 0. The van der Waals surface area contributed by atoms with Gasteiger partial charge in [0.1, 0.15) is 17.2 Å². The second-order valence-corrected chi connectivity index (χ2v) is 3.71. The molecule has 0 amide bonds. The molecule has 1 heterocycles. The number of ether oxygens (including phenoxy) is 2. The molecule has 2 aromatic rings. The first kappa shape index (κ1) is 11.7. The summed E-state index contributed by atoms with van der Waals surface area (Å²) in [7, 11) is 1.62. The summed E-state index contributed by atoms with van der Waals surface area (Å²) in [4.78, 5) is 4.05. The largest absolute Gasteiger partial charge is 0.497 e. The van der Waals surface area contributed by atoms with Crippen molar-refractivity contribution in [1.29, 1.82) is 0 Å². The number of pyridine rings is 1. The van der Waals surface area contributed by atoms with Gasteiger partial charge in [0.25, 0.3) is 0 Å². The molecule has 0 spiro atoms. The molecule has 0 radical (unpaired) electrons. The van der Waals surface area contributed by atoms with Crippen molar-refractivity contribution >= 4 is 11.6 Å². The third-order valence-electron chi connectivity index (χ3n) is 2.20. The van der Waals surface area contributed by atoms with E-state index in [1.54, 1.807) is 19.5 Å². The zero-order valence-corrected chi connectivity index (χ0v) is 10.1. The fourth-order valence-corrected chi connectivity index (χ4v) is 1.54. The SMILES string of the molecule is COc1cccc(Oc2cncc(CCl)c2)c1. The van der Waals surface area contributed by atoms with Crippen LogP contribution in [0.2, 0.25) is 0 Å². The molecule has 3 nitrogen and oxygen atoms in total. The number of alkyl halides is 1. The van der Waals surface area contributed by atoms with Crippen molar-refractivity contribution in [2.45, 2.75) is 5.88 Å². The summed E-state index contributed by atoms with van der Waals surface area (Å²) in [5.41, 5.74) is 0.923. The third kappa shape index (κ3) is 3.11. The van der Waals surface area contributed by atoms with Gasteiger partial charge in [0, 0.05) is 18.1 Å². The zero-order valence-electron chi connectivity index (χ0n) is 9.39. The fraction of sp³-hybridized carbons (Fsp3) is 0.154. The van der Waals surface area contributed by atoms with Gasteiger partial charge in [-0.05, 0) is 23.8 Å². The molecular formula is C13H12ClNO2. The lowest BCUT2D eigenvalue weighted by Crippen LogP contribution is -1.89. The van der Waals surface area contributed by atoms with Crippen LogP contribution >= 0.6 is 11.6 Å². The minimum Gasteiger partial charge on any atom is -0.497 e. The van der Waals surface area contributed by atoms with E-state index in [-0.39, 0.29) is 0 Å². The van der Waals surface area contributed by atoms with E-state index in [0.29, 0.717) is 17.4 Å². The Labute approximate surface area is 105 Å². The zero-order chi connectivity index (χ0) is 12.1. The van der Waals surface area contributed by atoms with Gasteiger partial charge in [-0.2, -0.15) is 0 Å². The predicted molar refractivity (Wildman–Crippen MR) is 66.9 cm³/mol. The van der Waals surface area contributed by atoms with E-state index in [0.717, 1.165) is 11.3 Å². The van der Waals surface area contributed by atoms with Crippen LogP contribution in [0.5, 0.6) is 17.2 Å². The number of hydrogen-bond acceptors (Lipinski definition) is 3. The smallest absolute Gasteiger partial charge is 0.146 e. The maximum Gasteiger partial charge on any atom is 0.146 e. The molecule has 0 N–H and O–H groups in total. The van der Waals surface area contributed by atoms with Crippen molar-refractivity contribution in [2.24, 2.45) is 0 Å². The van der Waals surface area contributed by atoms with Gasteiger partial charge in [-0.3, -0.25) is 4.98 Å². The van der Waals surface area contributed by atoms with E-state index < -0.39 is 0 Å². The van der Waals surface area contributed by atoms with Crippen molar-refractivity contribution in [1.82, 2.24) is 4.98 Å². The second kappa shape index (κ2) is 5.55. The van der Waals surface area contributed by atoms with Crippen molar-refractivity contribution in [3.63, 3.8) is 0 Å². The summed E-state index contributed by atoms with van der Waals surface area (Å²) in [6, 6.07) is 9.26. The predicted octanol–water partition coefficient (Wildman–Crippen LogP) is 3.62. The van der Waals surface area contributed by atoms with Gasteiger partial charge in [-0.25, -0.2) is 0 Å². The minimum atomic E-state index is 0.419. The van der Waals surface area contributed by atoms with E-state index in [2.05, 4.69) is 4.98 Å². The molecule has 88 valence electrons. The topological polar surface area (TPSA) is 31.4 Å². The Hall–Kier alpha value is -1.74. The van der Waals surface area contributed by atoms with Crippen LogP contribution in [-0.2, 0) is 5.88 Å². The molecule has 0 saturated heterocycles. The highest BCUT2D eigenvalue weighted by Crippen LogP contribution is 2.25. The quantitative estimate of drug-likeness (QED) is 0.776. The van der Waals surface area contributed by atoms with E-state index in [9.17, 15) is 0 Å². The highest BCUT2D eigenvalue weighted by Gasteiger charge is 2.00. The summed E-state index contributed by atoms with van der Waals surface area (Å²) < 4.78 is 10.8. The van der Waals surface area contributed by atoms with Gasteiger partial charge in [-0.15, -0.1) is 11.6 Å². The van der Waals surface area contributed by atoms with Crippen molar-refractivity contribution in [3.8, 4) is 17.2 Å². The molecule has 0 aliphatic heterocycles. The van der Waals surface area contributed by atoms with Gasteiger partial charge in [0.15, 0.2) is 0 Å². The number of hydrogen-bond donors (Lipinski definition) is 0. The molecule has 0 saturated carbocycles. The van der Waals surface area contributed by atoms with Crippen LogP contribution in [0.15, 0.2) is 42.7 Å². The minimum absolute atomic E-state index is 0.419. The van der Waals surface area contributed by atoms with Crippen LogP contribution in [0.4, 0.5) is 0 Å². The fourth-order valence-electron chi connectivity index (χ4n) is 1.39. The molecule has 0 atom stereocenters. The van der Waals surface area contributed by atoms with Crippen molar-refractivity contribution < 1.29 is 9.47 Å². The monoisotopic (exact) mass is 249 g/mol. The molecule has 0 aliphatic carbocycles. The maximum absolute atomic E-state index is 5.73. The third-order valence-corrected chi connectivity index (χ3v) is 2.51. The number of aromatic nitrogens is 1. The summed E-state index contributed by atoms with van der Waals surface area (Å²) >= 11 is 5.73. The van der Waals surface area contributed by atoms with Crippen LogP contribution in [0, 0.1) is 0 Å². The Morgan fingerprint density at radius 2 is 1.94 bits per heavy atom. The van der Waals surface area contributed by atoms with Gasteiger partial charge in [-0.1, -0.05) is 6.07 Å². The number of benzene rings is 1. The first-order chi connectivity index (χ1) is 8.31. The lowest BCUT2D eigenvalue weighted by atomic mass is 10.3. The van der Waals surface area contributed by atoms with E-state index in [1.165, 1.54) is 0 Å². The Morgan fingerprint density at radius 1 is 1.12 bits per heavy atom. The number of methoxy groups -OCH3 is 1. The molecule has 0 aliphatic rings. The Bertz CT molecular complexity index is 457. The average molecular weight is 250 g/mol.